The lowest BCUT2D eigenvalue weighted by Gasteiger charge is -2.22. The third-order valence-corrected chi connectivity index (χ3v) is 4.19. The Hall–Kier alpha value is -2.06. The molecular weight excluding hydrogens is 292 g/mol. The van der Waals surface area contributed by atoms with Crippen molar-refractivity contribution >= 4 is 21.4 Å². The molecule has 2 aromatic rings. The van der Waals surface area contributed by atoms with E-state index in [2.05, 4.69) is 5.16 Å². The molecule has 0 aliphatic carbocycles. The lowest BCUT2D eigenvalue weighted by Crippen LogP contribution is -2.21. The number of benzene rings is 1. The van der Waals surface area contributed by atoms with Crippen LogP contribution in [0.15, 0.2) is 27.6 Å². The first-order valence-corrected chi connectivity index (χ1v) is 7.79. The van der Waals surface area contributed by atoms with E-state index in [9.17, 15) is 8.42 Å². The van der Waals surface area contributed by atoms with Crippen LogP contribution in [-0.4, -0.2) is 20.6 Å². The van der Waals surface area contributed by atoms with Crippen LogP contribution >= 0.6 is 0 Å². The van der Waals surface area contributed by atoms with Gasteiger partial charge < -0.3 is 15.2 Å². The van der Waals surface area contributed by atoms with Gasteiger partial charge in [0.05, 0.1) is 11.4 Å². The van der Waals surface area contributed by atoms with Gasteiger partial charge in [0.1, 0.15) is 11.5 Å². The number of anilines is 2. The molecule has 0 radical (unpaired) electrons. The average Bonchev–Trinajstić information content (AvgIpc) is 2.75. The van der Waals surface area contributed by atoms with Crippen molar-refractivity contribution in [1.29, 1.82) is 0 Å². The molecule has 0 unspecified atom stereocenters. The second-order valence-corrected chi connectivity index (χ2v) is 6.52. The van der Waals surface area contributed by atoms with Crippen molar-refractivity contribution in [3.05, 3.63) is 35.2 Å². The summed E-state index contributed by atoms with van der Waals surface area (Å²) in [5.74, 6) is 0.716. The molecule has 114 valence electrons. The molecular formula is C13H18N4O3S. The van der Waals surface area contributed by atoms with Crippen LogP contribution in [0, 0.1) is 13.8 Å². The zero-order valence-electron chi connectivity index (χ0n) is 12.1. The summed E-state index contributed by atoms with van der Waals surface area (Å²) in [6, 6.07) is 4.89. The molecule has 0 atom stereocenters. The molecule has 1 aromatic heterocycles. The van der Waals surface area contributed by atoms with E-state index in [0.717, 1.165) is 5.69 Å². The standard InChI is InChI=1S/C13H18N4O3S/c1-8-4-11(16-20-8)7-17(3)12-5-10(14)6-13(9(12)2)21(15,18)19/h4-6H,7,14H2,1-3H3,(H2,15,18,19). The molecule has 2 rings (SSSR count). The summed E-state index contributed by atoms with van der Waals surface area (Å²) in [7, 11) is -2.00. The lowest BCUT2D eigenvalue weighted by atomic mass is 10.1. The van der Waals surface area contributed by atoms with Crippen molar-refractivity contribution in [2.45, 2.75) is 25.3 Å². The maximum absolute atomic E-state index is 11.6. The van der Waals surface area contributed by atoms with Gasteiger partial charge in [0.25, 0.3) is 0 Å². The fraction of sp³-hybridized carbons (Fsp3) is 0.308. The zero-order valence-corrected chi connectivity index (χ0v) is 12.9. The number of nitrogens with two attached hydrogens (primary N) is 2. The fourth-order valence-corrected chi connectivity index (χ4v) is 3.04. The summed E-state index contributed by atoms with van der Waals surface area (Å²) >= 11 is 0. The van der Waals surface area contributed by atoms with Crippen LogP contribution in [0.25, 0.3) is 0 Å². The molecule has 21 heavy (non-hydrogen) atoms. The molecule has 0 aliphatic heterocycles. The van der Waals surface area contributed by atoms with Crippen molar-refractivity contribution in [2.75, 3.05) is 17.7 Å². The smallest absolute Gasteiger partial charge is 0.238 e. The summed E-state index contributed by atoms with van der Waals surface area (Å²) in [6.45, 7) is 3.96. The van der Waals surface area contributed by atoms with Gasteiger partial charge in [-0.3, -0.25) is 0 Å². The Morgan fingerprint density at radius 2 is 1.95 bits per heavy atom. The van der Waals surface area contributed by atoms with E-state index in [-0.39, 0.29) is 4.90 Å². The Balaban J connectivity index is 2.41. The van der Waals surface area contributed by atoms with Gasteiger partial charge in [0, 0.05) is 24.5 Å². The number of nitrogen functional groups attached to an aromatic ring is 1. The fourth-order valence-electron chi connectivity index (χ4n) is 2.21. The van der Waals surface area contributed by atoms with E-state index >= 15 is 0 Å². The molecule has 0 saturated heterocycles. The highest BCUT2D eigenvalue weighted by molar-refractivity contribution is 7.89. The third kappa shape index (κ3) is 3.34. The molecule has 8 heteroatoms. The maximum atomic E-state index is 11.6. The predicted octanol–water partition coefficient (Wildman–Crippen LogP) is 1.16. The zero-order chi connectivity index (χ0) is 15.8. The number of nitrogens with zero attached hydrogens (tertiary/aromatic N) is 2. The van der Waals surface area contributed by atoms with Crippen molar-refractivity contribution in [1.82, 2.24) is 5.16 Å². The monoisotopic (exact) mass is 310 g/mol. The van der Waals surface area contributed by atoms with Gasteiger partial charge in [-0.1, -0.05) is 5.16 Å². The van der Waals surface area contributed by atoms with Gasteiger partial charge >= 0.3 is 0 Å². The first-order chi connectivity index (χ1) is 9.68. The molecule has 0 aliphatic rings. The SMILES string of the molecule is Cc1cc(CN(C)c2cc(N)cc(S(N)(=O)=O)c2C)no1. The van der Waals surface area contributed by atoms with Crippen LogP contribution in [0.2, 0.25) is 0 Å². The first-order valence-electron chi connectivity index (χ1n) is 6.24. The van der Waals surface area contributed by atoms with E-state index in [0.29, 0.717) is 29.2 Å². The molecule has 0 bridgehead atoms. The number of aryl methyl sites for hydroxylation is 1. The normalized spacial score (nSPS) is 11.6. The van der Waals surface area contributed by atoms with Gasteiger partial charge in [-0.25, -0.2) is 13.6 Å². The highest BCUT2D eigenvalue weighted by Crippen LogP contribution is 2.29. The number of hydrogen-bond acceptors (Lipinski definition) is 6. The molecule has 1 heterocycles. The van der Waals surface area contributed by atoms with Gasteiger partial charge in [-0.15, -0.1) is 0 Å². The van der Waals surface area contributed by atoms with Gasteiger partial charge in [-0.2, -0.15) is 0 Å². The molecule has 0 saturated carbocycles. The molecule has 0 amide bonds. The van der Waals surface area contributed by atoms with Gasteiger partial charge in [-0.05, 0) is 31.5 Å². The van der Waals surface area contributed by atoms with E-state index < -0.39 is 10.0 Å². The predicted molar refractivity (Wildman–Crippen MR) is 80.3 cm³/mol. The third-order valence-electron chi connectivity index (χ3n) is 3.15. The minimum Gasteiger partial charge on any atom is -0.399 e. The van der Waals surface area contributed by atoms with E-state index in [1.165, 1.54) is 6.07 Å². The van der Waals surface area contributed by atoms with E-state index in [1.54, 1.807) is 19.9 Å². The number of aromatic nitrogens is 1. The molecule has 4 N–H and O–H groups in total. The molecule has 0 spiro atoms. The Morgan fingerprint density at radius 1 is 1.29 bits per heavy atom. The maximum Gasteiger partial charge on any atom is 0.238 e. The second kappa shape index (κ2) is 5.38. The van der Waals surface area contributed by atoms with Crippen molar-refractivity contribution in [2.24, 2.45) is 5.14 Å². The summed E-state index contributed by atoms with van der Waals surface area (Å²) in [6.07, 6.45) is 0. The topological polar surface area (TPSA) is 115 Å². The number of hydrogen-bond donors (Lipinski definition) is 2. The molecule has 0 fully saturated rings. The van der Waals surface area contributed by atoms with Crippen molar-refractivity contribution in [3.8, 4) is 0 Å². The minimum absolute atomic E-state index is 0.0284. The Labute approximate surface area is 123 Å². The summed E-state index contributed by atoms with van der Waals surface area (Å²) in [4.78, 5) is 1.87. The summed E-state index contributed by atoms with van der Waals surface area (Å²) < 4.78 is 28.3. The van der Waals surface area contributed by atoms with Crippen LogP contribution < -0.4 is 15.8 Å². The highest BCUT2D eigenvalue weighted by atomic mass is 32.2. The second-order valence-electron chi connectivity index (χ2n) is 4.99. The van der Waals surface area contributed by atoms with Crippen LogP contribution in [0.5, 0.6) is 0 Å². The Bertz CT molecular complexity index is 768. The van der Waals surface area contributed by atoms with Crippen LogP contribution in [-0.2, 0) is 16.6 Å². The lowest BCUT2D eigenvalue weighted by molar-refractivity contribution is 0.390. The van der Waals surface area contributed by atoms with Crippen molar-refractivity contribution < 1.29 is 12.9 Å². The van der Waals surface area contributed by atoms with Gasteiger partial charge in [0.15, 0.2) is 0 Å². The molecule has 1 aromatic carbocycles. The highest BCUT2D eigenvalue weighted by Gasteiger charge is 2.18. The minimum atomic E-state index is -3.82. The summed E-state index contributed by atoms with van der Waals surface area (Å²) in [5.41, 5.74) is 8.09. The van der Waals surface area contributed by atoms with Gasteiger partial charge in [0.2, 0.25) is 10.0 Å². The quantitative estimate of drug-likeness (QED) is 0.819. The largest absolute Gasteiger partial charge is 0.399 e. The van der Waals surface area contributed by atoms with Crippen LogP contribution in [0.3, 0.4) is 0 Å². The van der Waals surface area contributed by atoms with Crippen LogP contribution in [0.1, 0.15) is 17.0 Å². The number of rotatable bonds is 4. The van der Waals surface area contributed by atoms with E-state index in [1.807, 2.05) is 18.0 Å². The van der Waals surface area contributed by atoms with Crippen molar-refractivity contribution in [3.63, 3.8) is 0 Å². The number of primary sulfonamides is 1. The van der Waals surface area contributed by atoms with Crippen LogP contribution in [0.4, 0.5) is 11.4 Å². The Morgan fingerprint density at radius 3 is 2.48 bits per heavy atom. The number of sulfonamides is 1. The Kier molecular flexibility index (Phi) is 3.93. The van der Waals surface area contributed by atoms with E-state index in [4.69, 9.17) is 15.4 Å². The summed E-state index contributed by atoms with van der Waals surface area (Å²) in [5, 5.41) is 9.14. The molecule has 7 nitrogen and oxygen atoms in total. The first kappa shape index (κ1) is 15.3. The average molecular weight is 310 g/mol.